The highest BCUT2D eigenvalue weighted by Crippen LogP contribution is 2.36. The van der Waals surface area contributed by atoms with Crippen LogP contribution in [0.2, 0.25) is 5.02 Å². The maximum atomic E-state index is 12.5. The van der Waals surface area contributed by atoms with Gasteiger partial charge in [0.15, 0.2) is 5.13 Å². The number of amides is 1. The van der Waals surface area contributed by atoms with Crippen LogP contribution in [0.25, 0.3) is 10.2 Å². The number of carbonyl (C=O) groups is 1. The van der Waals surface area contributed by atoms with Crippen LogP contribution < -0.4 is 14.8 Å². The van der Waals surface area contributed by atoms with Gasteiger partial charge >= 0.3 is 0 Å². The van der Waals surface area contributed by atoms with E-state index in [0.717, 1.165) is 10.8 Å². The number of halogens is 1. The summed E-state index contributed by atoms with van der Waals surface area (Å²) in [6.07, 6.45) is 0. The number of nitro groups is 1. The SMILES string of the molecule is COc1cc(OC)c2nc(NC(=O)c3cc([N+](=O)[O-])ccc3Cl)sc2c1. The molecule has 26 heavy (non-hydrogen) atoms. The van der Waals surface area contributed by atoms with Gasteiger partial charge in [-0.15, -0.1) is 0 Å². The van der Waals surface area contributed by atoms with Crippen LogP contribution >= 0.6 is 22.9 Å². The minimum Gasteiger partial charge on any atom is -0.497 e. The molecule has 0 radical (unpaired) electrons. The average Bonchev–Trinajstić information content (AvgIpc) is 3.02. The molecule has 10 heteroatoms. The number of nitrogens with one attached hydrogen (secondary N) is 1. The molecule has 1 amide bonds. The predicted octanol–water partition coefficient (Wildman–Crippen LogP) is 4.13. The lowest BCUT2D eigenvalue weighted by atomic mass is 10.2. The third-order valence-electron chi connectivity index (χ3n) is 3.51. The van der Waals surface area contributed by atoms with Gasteiger partial charge in [-0.3, -0.25) is 20.2 Å². The number of carbonyl (C=O) groups excluding carboxylic acids is 1. The number of ether oxygens (including phenoxy) is 2. The molecule has 1 heterocycles. The fraction of sp³-hybridized carbons (Fsp3) is 0.125. The van der Waals surface area contributed by atoms with Gasteiger partial charge in [0, 0.05) is 18.2 Å². The van der Waals surface area contributed by atoms with Crippen molar-refractivity contribution < 1.29 is 19.2 Å². The van der Waals surface area contributed by atoms with Crippen molar-refractivity contribution >= 4 is 49.9 Å². The van der Waals surface area contributed by atoms with Crippen LogP contribution in [-0.2, 0) is 0 Å². The second-order valence-corrected chi connectivity index (χ2v) is 6.51. The molecule has 0 fully saturated rings. The minimum atomic E-state index is -0.595. The zero-order valence-corrected chi connectivity index (χ0v) is 15.2. The molecule has 3 aromatic rings. The molecule has 8 nitrogen and oxygen atoms in total. The van der Waals surface area contributed by atoms with Crippen LogP contribution in [0.15, 0.2) is 30.3 Å². The number of non-ortho nitro benzene ring substituents is 1. The molecule has 0 saturated heterocycles. The first-order chi connectivity index (χ1) is 12.4. The normalized spacial score (nSPS) is 10.6. The van der Waals surface area contributed by atoms with Gasteiger partial charge in [-0.1, -0.05) is 22.9 Å². The number of fused-ring (bicyclic) bond motifs is 1. The minimum absolute atomic E-state index is 0.00957. The molecule has 0 bridgehead atoms. The van der Waals surface area contributed by atoms with E-state index in [2.05, 4.69) is 10.3 Å². The van der Waals surface area contributed by atoms with E-state index in [0.29, 0.717) is 22.1 Å². The quantitative estimate of drug-likeness (QED) is 0.516. The highest BCUT2D eigenvalue weighted by molar-refractivity contribution is 7.22. The summed E-state index contributed by atoms with van der Waals surface area (Å²) in [6, 6.07) is 7.11. The van der Waals surface area contributed by atoms with Gasteiger partial charge in [-0.05, 0) is 12.1 Å². The van der Waals surface area contributed by atoms with Crippen molar-refractivity contribution in [2.75, 3.05) is 19.5 Å². The molecule has 0 aliphatic carbocycles. The van der Waals surface area contributed by atoms with E-state index in [-0.39, 0.29) is 16.3 Å². The van der Waals surface area contributed by atoms with Crippen molar-refractivity contribution in [3.05, 3.63) is 51.0 Å². The van der Waals surface area contributed by atoms with Crippen LogP contribution in [0.3, 0.4) is 0 Å². The Labute approximate surface area is 156 Å². The number of rotatable bonds is 5. The van der Waals surface area contributed by atoms with Gasteiger partial charge in [-0.25, -0.2) is 4.98 Å². The molecule has 134 valence electrons. The van der Waals surface area contributed by atoms with Crippen LogP contribution in [0.5, 0.6) is 11.5 Å². The molecule has 0 unspecified atom stereocenters. The van der Waals surface area contributed by atoms with Crippen LogP contribution in [0.4, 0.5) is 10.8 Å². The monoisotopic (exact) mass is 393 g/mol. The summed E-state index contributed by atoms with van der Waals surface area (Å²) in [7, 11) is 3.04. The molecule has 3 rings (SSSR count). The Balaban J connectivity index is 1.95. The number of nitrogens with zero attached hydrogens (tertiary/aromatic N) is 2. The molecule has 1 N–H and O–H groups in total. The first-order valence-electron chi connectivity index (χ1n) is 7.20. The van der Waals surface area contributed by atoms with E-state index in [1.165, 1.54) is 37.7 Å². The fourth-order valence-electron chi connectivity index (χ4n) is 2.27. The summed E-state index contributed by atoms with van der Waals surface area (Å²) in [5, 5.41) is 13.9. The first kappa shape index (κ1) is 17.9. The summed E-state index contributed by atoms with van der Waals surface area (Å²) in [5.41, 5.74) is 0.332. The van der Waals surface area contributed by atoms with Crippen molar-refractivity contribution in [2.45, 2.75) is 0 Å². The van der Waals surface area contributed by atoms with Gasteiger partial charge in [0.2, 0.25) is 0 Å². The van der Waals surface area contributed by atoms with E-state index in [1.807, 2.05) is 0 Å². The Morgan fingerprint density at radius 1 is 1.27 bits per heavy atom. The van der Waals surface area contributed by atoms with E-state index < -0.39 is 10.8 Å². The lowest BCUT2D eigenvalue weighted by molar-refractivity contribution is -0.384. The fourth-order valence-corrected chi connectivity index (χ4v) is 3.38. The number of nitro benzene ring substituents is 1. The van der Waals surface area contributed by atoms with E-state index in [9.17, 15) is 14.9 Å². The second kappa shape index (κ2) is 7.14. The average molecular weight is 394 g/mol. The van der Waals surface area contributed by atoms with Gasteiger partial charge in [0.1, 0.15) is 17.0 Å². The molecule has 2 aromatic carbocycles. The zero-order valence-electron chi connectivity index (χ0n) is 13.6. The van der Waals surface area contributed by atoms with E-state index in [4.69, 9.17) is 21.1 Å². The lowest BCUT2D eigenvalue weighted by Crippen LogP contribution is -2.12. The maximum absolute atomic E-state index is 12.5. The summed E-state index contributed by atoms with van der Waals surface area (Å²) >= 11 is 7.21. The van der Waals surface area contributed by atoms with Crippen molar-refractivity contribution in [1.29, 1.82) is 0 Å². The molecule has 0 aliphatic rings. The van der Waals surface area contributed by atoms with Crippen molar-refractivity contribution in [3.63, 3.8) is 0 Å². The largest absolute Gasteiger partial charge is 0.497 e. The van der Waals surface area contributed by atoms with Crippen LogP contribution in [0.1, 0.15) is 10.4 Å². The Morgan fingerprint density at radius 2 is 2.04 bits per heavy atom. The molecular weight excluding hydrogens is 382 g/mol. The summed E-state index contributed by atoms with van der Waals surface area (Å²) < 4.78 is 11.2. The Kier molecular flexibility index (Phi) is 4.92. The standard InChI is InChI=1S/C16H12ClN3O5S/c1-24-9-6-12(25-2)14-13(7-9)26-16(18-14)19-15(21)10-5-8(20(22)23)3-4-11(10)17/h3-7H,1-2H3,(H,18,19,21). The smallest absolute Gasteiger partial charge is 0.270 e. The first-order valence-corrected chi connectivity index (χ1v) is 8.40. The molecule has 0 spiro atoms. The van der Waals surface area contributed by atoms with E-state index in [1.54, 1.807) is 12.1 Å². The van der Waals surface area contributed by atoms with Gasteiger partial charge in [-0.2, -0.15) is 0 Å². The van der Waals surface area contributed by atoms with Crippen LogP contribution in [-0.4, -0.2) is 30.0 Å². The van der Waals surface area contributed by atoms with Gasteiger partial charge in [0.05, 0.1) is 34.4 Å². The number of aromatic nitrogens is 1. The molecule has 1 aromatic heterocycles. The highest BCUT2D eigenvalue weighted by Gasteiger charge is 2.18. The third kappa shape index (κ3) is 3.39. The summed E-state index contributed by atoms with van der Waals surface area (Å²) in [6.45, 7) is 0. The van der Waals surface area contributed by atoms with Crippen molar-refractivity contribution in [2.24, 2.45) is 0 Å². The third-order valence-corrected chi connectivity index (χ3v) is 4.76. The topological polar surface area (TPSA) is 104 Å². The molecular formula is C16H12ClN3O5S. The van der Waals surface area contributed by atoms with Gasteiger partial charge < -0.3 is 9.47 Å². The lowest BCUT2D eigenvalue weighted by Gasteiger charge is -2.04. The number of methoxy groups -OCH3 is 2. The highest BCUT2D eigenvalue weighted by atomic mass is 35.5. The number of benzene rings is 2. The second-order valence-electron chi connectivity index (χ2n) is 5.07. The van der Waals surface area contributed by atoms with E-state index >= 15 is 0 Å². The number of thiazole rings is 1. The van der Waals surface area contributed by atoms with Gasteiger partial charge in [0.25, 0.3) is 11.6 Å². The number of hydrogen-bond donors (Lipinski definition) is 1. The molecule has 0 saturated carbocycles. The van der Waals surface area contributed by atoms with Crippen molar-refractivity contribution in [1.82, 2.24) is 4.98 Å². The van der Waals surface area contributed by atoms with Crippen molar-refractivity contribution in [3.8, 4) is 11.5 Å². The summed E-state index contributed by atoms with van der Waals surface area (Å²) in [4.78, 5) is 27.1. The van der Waals surface area contributed by atoms with Crippen LogP contribution in [0, 0.1) is 10.1 Å². The Morgan fingerprint density at radius 3 is 2.69 bits per heavy atom. The number of anilines is 1. The summed E-state index contributed by atoms with van der Waals surface area (Å²) in [5.74, 6) is 0.505. The Hall–Kier alpha value is -2.91. The molecule has 0 atom stereocenters. The maximum Gasteiger partial charge on any atom is 0.270 e. The zero-order chi connectivity index (χ0) is 18.8. The number of hydrogen-bond acceptors (Lipinski definition) is 7. The Bertz CT molecular complexity index is 1020. The predicted molar refractivity (Wildman–Crippen MR) is 98.8 cm³/mol. The molecule has 0 aliphatic heterocycles.